The Balaban J connectivity index is 2.20. The Morgan fingerprint density at radius 2 is 2.00 bits per heavy atom. The van der Waals surface area contributed by atoms with Crippen molar-refractivity contribution in [3.8, 4) is 0 Å². The van der Waals surface area contributed by atoms with Crippen LogP contribution >= 0.6 is 0 Å². The van der Waals surface area contributed by atoms with Gasteiger partial charge in [-0.05, 0) is 18.2 Å². The number of benzene rings is 1. The second-order valence-electron chi connectivity index (χ2n) is 3.67. The van der Waals surface area contributed by atoms with Crippen LogP contribution in [0.4, 0.5) is 5.69 Å². The third-order valence-electron chi connectivity index (χ3n) is 2.41. The maximum Gasteiger partial charge on any atom is 0.259 e. The molecule has 0 unspecified atom stereocenters. The lowest BCUT2D eigenvalue weighted by atomic mass is 10.1. The first-order valence-electron chi connectivity index (χ1n) is 5.29. The largest absolute Gasteiger partial charge is 0.327 e. The van der Waals surface area contributed by atoms with Crippen LogP contribution < -0.4 is 16.4 Å². The highest BCUT2D eigenvalue weighted by atomic mass is 16.2. The third-order valence-corrected chi connectivity index (χ3v) is 2.41. The second-order valence-corrected chi connectivity index (χ2v) is 3.67. The Morgan fingerprint density at radius 3 is 2.72 bits per heavy atom. The van der Waals surface area contributed by atoms with Crippen molar-refractivity contribution in [3.05, 3.63) is 41.5 Å². The molecule has 1 aliphatic rings. The summed E-state index contributed by atoms with van der Waals surface area (Å²) < 4.78 is 0. The van der Waals surface area contributed by atoms with Gasteiger partial charge in [0.05, 0.1) is 11.1 Å². The van der Waals surface area contributed by atoms with E-state index in [-0.39, 0.29) is 18.0 Å². The molecule has 1 aliphatic heterocycles. The predicted molar refractivity (Wildman–Crippen MR) is 65.1 cm³/mol. The van der Waals surface area contributed by atoms with Crippen LogP contribution in [0.5, 0.6) is 0 Å². The van der Waals surface area contributed by atoms with Gasteiger partial charge in [-0.25, -0.2) is 0 Å². The fourth-order valence-electron chi connectivity index (χ4n) is 1.60. The Labute approximate surface area is 103 Å². The zero-order valence-corrected chi connectivity index (χ0v) is 9.40. The smallest absolute Gasteiger partial charge is 0.259 e. The molecule has 0 aliphatic carbocycles. The van der Waals surface area contributed by atoms with E-state index in [1.165, 1.54) is 24.3 Å². The maximum absolute atomic E-state index is 11.4. The van der Waals surface area contributed by atoms with Crippen LogP contribution in [-0.2, 0) is 4.79 Å². The number of imide groups is 1. The van der Waals surface area contributed by atoms with Crippen molar-refractivity contribution < 1.29 is 14.4 Å². The number of hydrogen-bond donors (Lipinski definition) is 3. The van der Waals surface area contributed by atoms with E-state index in [1.807, 2.05) is 0 Å². The van der Waals surface area contributed by atoms with Gasteiger partial charge in [-0.3, -0.25) is 19.7 Å². The van der Waals surface area contributed by atoms with Crippen molar-refractivity contribution in [1.29, 1.82) is 0 Å². The van der Waals surface area contributed by atoms with Gasteiger partial charge in [-0.2, -0.15) is 0 Å². The van der Waals surface area contributed by atoms with Crippen LogP contribution in [0.3, 0.4) is 0 Å². The molecular formula is C12H11N3O3. The van der Waals surface area contributed by atoms with E-state index >= 15 is 0 Å². The third kappa shape index (κ3) is 2.28. The summed E-state index contributed by atoms with van der Waals surface area (Å²) in [4.78, 5) is 34.1. The van der Waals surface area contributed by atoms with Gasteiger partial charge >= 0.3 is 0 Å². The molecule has 0 fully saturated rings. The van der Waals surface area contributed by atoms with Crippen LogP contribution in [0, 0.1) is 0 Å². The zero-order chi connectivity index (χ0) is 13.1. The molecule has 0 atom stereocenters. The van der Waals surface area contributed by atoms with E-state index in [0.29, 0.717) is 11.3 Å². The van der Waals surface area contributed by atoms with Gasteiger partial charge in [0.25, 0.3) is 11.8 Å². The highest BCUT2D eigenvalue weighted by Crippen LogP contribution is 2.20. The van der Waals surface area contributed by atoms with Crippen molar-refractivity contribution in [2.45, 2.75) is 0 Å². The Morgan fingerprint density at radius 1 is 1.28 bits per heavy atom. The topological polar surface area (TPSA) is 101 Å². The zero-order valence-electron chi connectivity index (χ0n) is 9.40. The number of amides is 3. The van der Waals surface area contributed by atoms with E-state index in [4.69, 9.17) is 5.73 Å². The van der Waals surface area contributed by atoms with Crippen molar-refractivity contribution in [3.63, 3.8) is 0 Å². The van der Waals surface area contributed by atoms with Crippen molar-refractivity contribution in [1.82, 2.24) is 5.32 Å². The summed E-state index contributed by atoms with van der Waals surface area (Å²) in [5.74, 6) is -1.22. The predicted octanol–water partition coefficient (Wildman–Crippen LogP) is 0.0236. The number of nitrogens with two attached hydrogens (primary N) is 1. The summed E-state index contributed by atoms with van der Waals surface area (Å²) in [6.45, 7) is 0.272. The van der Waals surface area contributed by atoms with E-state index in [1.54, 1.807) is 6.07 Å². The Bertz CT molecular complexity index is 564. The van der Waals surface area contributed by atoms with Gasteiger partial charge in [-0.1, -0.05) is 6.08 Å². The molecule has 1 heterocycles. The molecule has 0 radical (unpaired) electrons. The molecule has 6 nitrogen and oxygen atoms in total. The summed E-state index contributed by atoms with van der Waals surface area (Å²) in [5.41, 5.74) is 6.25. The maximum atomic E-state index is 11.4. The minimum absolute atomic E-state index is 0.264. The number of hydrogen-bond acceptors (Lipinski definition) is 4. The molecule has 0 saturated heterocycles. The summed E-state index contributed by atoms with van der Waals surface area (Å²) in [5, 5.41) is 4.75. The van der Waals surface area contributed by atoms with Crippen LogP contribution in [0.1, 0.15) is 20.7 Å². The van der Waals surface area contributed by atoms with Crippen molar-refractivity contribution in [2.24, 2.45) is 5.73 Å². The number of rotatable bonds is 3. The van der Waals surface area contributed by atoms with Gasteiger partial charge in [0.15, 0.2) is 0 Å². The number of carbonyl (C=O) groups is 3. The highest BCUT2D eigenvalue weighted by molar-refractivity contribution is 6.22. The summed E-state index contributed by atoms with van der Waals surface area (Å²) in [6, 6.07) is 4.52. The summed E-state index contributed by atoms with van der Waals surface area (Å²) in [7, 11) is 0. The normalized spacial score (nSPS) is 13.6. The number of anilines is 1. The molecule has 2 rings (SSSR count). The van der Waals surface area contributed by atoms with Gasteiger partial charge < -0.3 is 11.1 Å². The molecule has 0 aromatic heterocycles. The first kappa shape index (κ1) is 12.0. The van der Waals surface area contributed by atoms with Gasteiger partial charge in [0.2, 0.25) is 5.91 Å². The van der Waals surface area contributed by atoms with Gasteiger partial charge in [-0.15, -0.1) is 0 Å². The fourth-order valence-corrected chi connectivity index (χ4v) is 1.60. The molecule has 0 bridgehead atoms. The molecular weight excluding hydrogens is 234 g/mol. The number of nitrogens with one attached hydrogen (secondary N) is 2. The summed E-state index contributed by atoms with van der Waals surface area (Å²) in [6.07, 6.45) is 2.82. The molecule has 6 heteroatoms. The van der Waals surface area contributed by atoms with Crippen LogP contribution in [-0.4, -0.2) is 24.3 Å². The summed E-state index contributed by atoms with van der Waals surface area (Å²) >= 11 is 0. The van der Waals surface area contributed by atoms with E-state index in [2.05, 4.69) is 10.6 Å². The van der Waals surface area contributed by atoms with Crippen molar-refractivity contribution >= 4 is 23.4 Å². The average molecular weight is 245 g/mol. The van der Waals surface area contributed by atoms with Crippen LogP contribution in [0.15, 0.2) is 30.4 Å². The SMILES string of the molecule is NC/C=C/C(=O)Nc1ccc2c(c1)C(=O)NC2=O. The fraction of sp³-hybridized carbons (Fsp3) is 0.0833. The lowest BCUT2D eigenvalue weighted by molar-refractivity contribution is -0.111. The quantitative estimate of drug-likeness (QED) is 0.516. The molecule has 0 spiro atoms. The molecule has 92 valence electrons. The molecule has 18 heavy (non-hydrogen) atoms. The molecule has 0 saturated carbocycles. The van der Waals surface area contributed by atoms with Gasteiger partial charge in [0, 0.05) is 18.3 Å². The first-order valence-corrected chi connectivity index (χ1v) is 5.29. The van der Waals surface area contributed by atoms with E-state index in [0.717, 1.165) is 0 Å². The van der Waals surface area contributed by atoms with Crippen LogP contribution in [0.2, 0.25) is 0 Å². The Hall–Kier alpha value is -2.47. The van der Waals surface area contributed by atoms with Gasteiger partial charge in [0.1, 0.15) is 0 Å². The minimum atomic E-state index is -0.455. The molecule has 3 amide bonds. The minimum Gasteiger partial charge on any atom is -0.327 e. The second kappa shape index (κ2) is 4.80. The molecule has 4 N–H and O–H groups in total. The number of fused-ring (bicyclic) bond motifs is 1. The Kier molecular flexibility index (Phi) is 3.20. The molecule has 1 aromatic rings. The van der Waals surface area contributed by atoms with E-state index in [9.17, 15) is 14.4 Å². The standard InChI is InChI=1S/C12H11N3O3/c13-5-1-2-10(16)14-7-3-4-8-9(6-7)12(18)15-11(8)17/h1-4,6H,5,13H2,(H,14,16)(H,15,17,18)/b2-1+. The lowest BCUT2D eigenvalue weighted by Gasteiger charge is -2.03. The average Bonchev–Trinajstić information content (AvgIpc) is 2.62. The highest BCUT2D eigenvalue weighted by Gasteiger charge is 2.26. The van der Waals surface area contributed by atoms with Crippen molar-refractivity contribution in [2.75, 3.05) is 11.9 Å². The number of carbonyl (C=O) groups excluding carboxylic acids is 3. The molecule has 1 aromatic carbocycles. The van der Waals surface area contributed by atoms with Crippen LogP contribution in [0.25, 0.3) is 0 Å². The van der Waals surface area contributed by atoms with E-state index < -0.39 is 11.8 Å². The first-order chi connectivity index (χ1) is 8.61. The lowest BCUT2D eigenvalue weighted by Crippen LogP contribution is -2.19. The monoisotopic (exact) mass is 245 g/mol.